The number of nitrogens with zero attached hydrogens (tertiary/aromatic N) is 4. The lowest BCUT2D eigenvalue weighted by Gasteiger charge is -2.33. The minimum atomic E-state index is -0.489. The zero-order valence-electron chi connectivity index (χ0n) is 22.0. The van der Waals surface area contributed by atoms with Gasteiger partial charge in [0.15, 0.2) is 11.5 Å². The lowest BCUT2D eigenvalue weighted by atomic mass is 9.93. The van der Waals surface area contributed by atoms with Crippen molar-refractivity contribution >= 4 is 17.5 Å². The molecule has 2 fully saturated rings. The lowest BCUT2D eigenvalue weighted by molar-refractivity contribution is 0.0405. The van der Waals surface area contributed by atoms with E-state index in [1.165, 1.54) is 12.8 Å². The highest BCUT2D eigenvalue weighted by molar-refractivity contribution is 6.20. The minimum Gasteiger partial charge on any atom is -0.451 e. The summed E-state index contributed by atoms with van der Waals surface area (Å²) in [4.78, 5) is 27.1. The van der Waals surface area contributed by atoms with E-state index in [4.69, 9.17) is 21.1 Å². The van der Waals surface area contributed by atoms with Crippen molar-refractivity contribution in [2.45, 2.75) is 62.3 Å². The Bertz CT molecular complexity index is 1340. The highest BCUT2D eigenvalue weighted by atomic mass is 35.5. The molecule has 0 bridgehead atoms. The molecule has 0 radical (unpaired) electrons. The number of alkyl halides is 1. The predicted octanol–water partition coefficient (Wildman–Crippen LogP) is 5.69. The number of fused-ring (bicyclic) bond motifs is 3. The van der Waals surface area contributed by atoms with Crippen molar-refractivity contribution in [2.75, 3.05) is 19.6 Å². The molecule has 7 nitrogen and oxygen atoms in total. The molecule has 3 aliphatic heterocycles. The highest BCUT2D eigenvalue weighted by Crippen LogP contribution is 2.59. The van der Waals surface area contributed by atoms with Crippen molar-refractivity contribution in [2.24, 2.45) is 5.92 Å². The fourth-order valence-electron chi connectivity index (χ4n) is 6.48. The number of carbonyl (C=O) groups is 1. The quantitative estimate of drug-likeness (QED) is 0.339. The van der Waals surface area contributed by atoms with Gasteiger partial charge in [-0.05, 0) is 93.1 Å². The van der Waals surface area contributed by atoms with Crippen LogP contribution in [0.5, 0.6) is 11.5 Å². The first-order chi connectivity index (χ1) is 19.1. The topological polar surface area (TPSA) is 67.8 Å². The van der Waals surface area contributed by atoms with Crippen LogP contribution in [0.1, 0.15) is 71.2 Å². The van der Waals surface area contributed by atoms with Crippen molar-refractivity contribution in [1.29, 1.82) is 0 Å². The van der Waals surface area contributed by atoms with Gasteiger partial charge >= 0.3 is 0 Å². The van der Waals surface area contributed by atoms with Gasteiger partial charge in [-0.25, -0.2) is 0 Å². The maximum Gasteiger partial charge on any atom is 0.255 e. The first kappa shape index (κ1) is 24.9. The molecule has 2 atom stereocenters. The van der Waals surface area contributed by atoms with Gasteiger partial charge < -0.3 is 14.4 Å². The van der Waals surface area contributed by atoms with E-state index < -0.39 is 6.29 Å². The standard InChI is InChI=1S/C31H33ClN4O3/c32-25(26-6-2-4-13-34-26)19-29-38-27-17-23-24(18-28(27)39-29)31(10-11-31)36(30(23)37)16-9-21-7-14-35(15-8-21)20-22-5-1-3-12-33-22/h1-6,12-13,17-18,21,25,29H,7-11,14-16,19-20H2. The summed E-state index contributed by atoms with van der Waals surface area (Å²) >= 11 is 6.58. The fraction of sp³-hybridized carbons (Fsp3) is 0.452. The van der Waals surface area contributed by atoms with Gasteiger partial charge in [-0.3, -0.25) is 19.7 Å². The molecule has 7 rings (SSSR count). The third kappa shape index (κ3) is 4.76. The Labute approximate surface area is 234 Å². The summed E-state index contributed by atoms with van der Waals surface area (Å²) in [7, 11) is 0. The van der Waals surface area contributed by atoms with Crippen LogP contribution < -0.4 is 9.47 Å². The Kier molecular flexibility index (Phi) is 6.44. The minimum absolute atomic E-state index is 0.133. The van der Waals surface area contributed by atoms with E-state index >= 15 is 0 Å². The van der Waals surface area contributed by atoms with Crippen molar-refractivity contribution < 1.29 is 14.3 Å². The van der Waals surface area contributed by atoms with E-state index in [1.54, 1.807) is 6.20 Å². The van der Waals surface area contributed by atoms with E-state index in [2.05, 4.69) is 38.0 Å². The monoisotopic (exact) mass is 544 g/mol. The van der Waals surface area contributed by atoms with Crippen LogP contribution >= 0.6 is 11.6 Å². The molecule has 5 heterocycles. The average Bonchev–Trinajstić information content (AvgIpc) is 3.62. The summed E-state index contributed by atoms with van der Waals surface area (Å²) in [6, 6.07) is 15.8. The Balaban J connectivity index is 0.964. The number of carbonyl (C=O) groups excluding carboxylic acids is 1. The number of hydrogen-bond donors (Lipinski definition) is 0. The van der Waals surface area contributed by atoms with Crippen molar-refractivity contribution in [3.05, 3.63) is 83.4 Å². The van der Waals surface area contributed by atoms with Crippen molar-refractivity contribution in [3.8, 4) is 11.5 Å². The van der Waals surface area contributed by atoms with Crippen LogP contribution in [0.3, 0.4) is 0 Å². The number of ether oxygens (including phenoxy) is 2. The normalized spacial score (nSPS) is 22.3. The van der Waals surface area contributed by atoms with E-state index in [1.807, 2.05) is 36.5 Å². The molecule has 1 amide bonds. The molecular weight excluding hydrogens is 512 g/mol. The average molecular weight is 545 g/mol. The maximum atomic E-state index is 13.6. The molecule has 1 saturated heterocycles. The largest absolute Gasteiger partial charge is 0.451 e. The second-order valence-electron chi connectivity index (χ2n) is 11.3. The third-order valence-corrected chi connectivity index (χ3v) is 9.21. The number of rotatable bonds is 8. The molecule has 1 saturated carbocycles. The summed E-state index contributed by atoms with van der Waals surface area (Å²) in [6.07, 6.45) is 9.02. The highest BCUT2D eigenvalue weighted by Gasteiger charge is 2.58. The molecule has 3 aromatic rings. The maximum absolute atomic E-state index is 13.6. The first-order valence-electron chi connectivity index (χ1n) is 14.1. The van der Waals surface area contributed by atoms with Crippen LogP contribution in [0, 0.1) is 5.92 Å². The van der Waals surface area contributed by atoms with E-state index in [0.29, 0.717) is 23.8 Å². The number of benzene rings is 1. The van der Waals surface area contributed by atoms with Gasteiger partial charge in [0, 0.05) is 37.5 Å². The second-order valence-corrected chi connectivity index (χ2v) is 11.8. The Morgan fingerprint density at radius 3 is 2.44 bits per heavy atom. The molecule has 1 spiro atoms. The SMILES string of the molecule is O=C1c2cc3c(cc2C2(CC2)N1CCC1CCN(Cc2ccccn2)CC1)OC(CC(Cl)c1ccccn1)O3. The summed E-state index contributed by atoms with van der Waals surface area (Å²) < 4.78 is 12.2. The van der Waals surface area contributed by atoms with Gasteiger partial charge in [0.05, 0.1) is 22.3 Å². The molecule has 0 N–H and O–H groups in total. The van der Waals surface area contributed by atoms with Crippen LogP contribution in [0.25, 0.3) is 0 Å². The van der Waals surface area contributed by atoms with Gasteiger partial charge in [-0.15, -0.1) is 11.6 Å². The van der Waals surface area contributed by atoms with Gasteiger partial charge in [-0.1, -0.05) is 12.1 Å². The molecule has 39 heavy (non-hydrogen) atoms. The van der Waals surface area contributed by atoms with E-state index in [-0.39, 0.29) is 16.8 Å². The van der Waals surface area contributed by atoms with Gasteiger partial charge in [-0.2, -0.15) is 0 Å². The molecular formula is C31H33ClN4O3. The smallest absolute Gasteiger partial charge is 0.255 e. The van der Waals surface area contributed by atoms with E-state index in [9.17, 15) is 4.79 Å². The zero-order valence-corrected chi connectivity index (χ0v) is 22.7. The van der Waals surface area contributed by atoms with Crippen LogP contribution in [-0.4, -0.2) is 51.6 Å². The van der Waals surface area contributed by atoms with Crippen LogP contribution in [-0.2, 0) is 12.1 Å². The predicted molar refractivity (Wildman–Crippen MR) is 148 cm³/mol. The fourth-order valence-corrected chi connectivity index (χ4v) is 6.76. The van der Waals surface area contributed by atoms with Gasteiger partial charge in [0.25, 0.3) is 5.91 Å². The molecule has 2 aromatic heterocycles. The van der Waals surface area contributed by atoms with Gasteiger partial charge in [0.1, 0.15) is 0 Å². The molecule has 202 valence electrons. The summed E-state index contributed by atoms with van der Waals surface area (Å²) in [6.45, 7) is 3.91. The molecule has 1 aromatic carbocycles. The zero-order chi connectivity index (χ0) is 26.4. The number of piperidine rings is 1. The summed E-state index contributed by atoms with van der Waals surface area (Å²) in [5.41, 5.74) is 3.65. The Morgan fingerprint density at radius 2 is 1.74 bits per heavy atom. The third-order valence-electron chi connectivity index (χ3n) is 8.81. The summed E-state index contributed by atoms with van der Waals surface area (Å²) in [5, 5.41) is -0.314. The molecule has 4 aliphatic rings. The van der Waals surface area contributed by atoms with Gasteiger partial charge in [0.2, 0.25) is 6.29 Å². The number of halogens is 1. The van der Waals surface area contributed by atoms with Crippen molar-refractivity contribution in [1.82, 2.24) is 19.8 Å². The number of pyridine rings is 2. The van der Waals surface area contributed by atoms with Crippen LogP contribution in [0.4, 0.5) is 0 Å². The Hall–Kier alpha value is -3.16. The lowest BCUT2D eigenvalue weighted by Crippen LogP contribution is -2.38. The Morgan fingerprint density at radius 1 is 1.00 bits per heavy atom. The number of aromatic nitrogens is 2. The first-order valence-corrected chi connectivity index (χ1v) is 14.5. The van der Waals surface area contributed by atoms with Crippen molar-refractivity contribution in [3.63, 3.8) is 0 Å². The molecule has 1 aliphatic carbocycles. The van der Waals surface area contributed by atoms with E-state index in [0.717, 1.165) is 68.0 Å². The summed E-state index contributed by atoms with van der Waals surface area (Å²) in [5.74, 6) is 2.13. The van der Waals surface area contributed by atoms with Crippen LogP contribution in [0.2, 0.25) is 0 Å². The molecule has 8 heteroatoms. The van der Waals surface area contributed by atoms with Crippen LogP contribution in [0.15, 0.2) is 60.9 Å². The second kappa shape index (κ2) is 10.1. The number of hydrogen-bond acceptors (Lipinski definition) is 6. The number of amides is 1. The molecule has 2 unspecified atom stereocenters. The number of likely N-dealkylation sites (tertiary alicyclic amines) is 1.